The van der Waals surface area contributed by atoms with Crippen LogP contribution in [0.5, 0.6) is 0 Å². The Morgan fingerprint density at radius 3 is 2.21 bits per heavy atom. The van der Waals surface area contributed by atoms with Gasteiger partial charge in [0, 0.05) is 32.2 Å². The predicted molar refractivity (Wildman–Crippen MR) is 116 cm³/mol. The van der Waals surface area contributed by atoms with E-state index in [0.717, 1.165) is 28.7 Å². The van der Waals surface area contributed by atoms with Crippen LogP contribution in [0.2, 0.25) is 0 Å². The number of aryl methyl sites for hydroxylation is 2. The molecule has 2 rings (SSSR count). The number of hydrogen-bond donors (Lipinski definition) is 1. The molecule has 0 unspecified atom stereocenters. The maximum atomic E-state index is 13.3. The summed E-state index contributed by atoms with van der Waals surface area (Å²) in [5.41, 5.74) is 3.61. The van der Waals surface area contributed by atoms with Gasteiger partial charge in [0.2, 0.25) is 15.9 Å². The second-order valence-electron chi connectivity index (χ2n) is 8.33. The van der Waals surface area contributed by atoms with E-state index in [2.05, 4.69) is 5.32 Å². The SMILES string of the molecule is Cc1cc(C)c(C)c(S(=O)(=O)N2CCC(C(=O)NCCCOC(C)C)CC2)c1C. The smallest absolute Gasteiger partial charge is 0.243 e. The summed E-state index contributed by atoms with van der Waals surface area (Å²) in [5.74, 6) is -0.112. The van der Waals surface area contributed by atoms with Crippen LogP contribution in [-0.2, 0) is 19.6 Å². The Labute approximate surface area is 176 Å². The lowest BCUT2D eigenvalue weighted by Gasteiger charge is -2.31. The van der Waals surface area contributed by atoms with Gasteiger partial charge in [0.05, 0.1) is 11.0 Å². The van der Waals surface area contributed by atoms with E-state index >= 15 is 0 Å². The predicted octanol–water partition coefficient (Wildman–Crippen LogP) is 3.25. The Kier molecular flexibility index (Phi) is 8.26. The molecule has 0 spiro atoms. The Hall–Kier alpha value is -1.44. The number of rotatable bonds is 8. The molecule has 0 radical (unpaired) electrons. The summed E-state index contributed by atoms with van der Waals surface area (Å²) in [4.78, 5) is 12.8. The minimum Gasteiger partial charge on any atom is -0.379 e. The van der Waals surface area contributed by atoms with Gasteiger partial charge >= 0.3 is 0 Å². The molecule has 0 aromatic heterocycles. The molecule has 7 heteroatoms. The van der Waals surface area contributed by atoms with Gasteiger partial charge in [-0.2, -0.15) is 4.31 Å². The fourth-order valence-corrected chi connectivity index (χ4v) is 5.85. The van der Waals surface area contributed by atoms with Gasteiger partial charge in [0.15, 0.2) is 0 Å². The normalized spacial score (nSPS) is 16.4. The largest absolute Gasteiger partial charge is 0.379 e. The number of nitrogens with zero attached hydrogens (tertiary/aromatic N) is 1. The second-order valence-corrected chi connectivity index (χ2v) is 10.2. The Bertz CT molecular complexity index is 799. The highest BCUT2D eigenvalue weighted by atomic mass is 32.2. The van der Waals surface area contributed by atoms with Gasteiger partial charge in [-0.15, -0.1) is 0 Å². The van der Waals surface area contributed by atoms with Crippen molar-refractivity contribution in [2.45, 2.75) is 71.8 Å². The van der Waals surface area contributed by atoms with Crippen LogP contribution >= 0.6 is 0 Å². The summed E-state index contributed by atoms with van der Waals surface area (Å²) in [6.45, 7) is 13.6. The van der Waals surface area contributed by atoms with Gasteiger partial charge in [-0.1, -0.05) is 6.07 Å². The minimum absolute atomic E-state index is 0.0188. The summed E-state index contributed by atoms with van der Waals surface area (Å²) in [6.07, 6.45) is 2.08. The van der Waals surface area contributed by atoms with Crippen molar-refractivity contribution in [2.24, 2.45) is 5.92 Å². The van der Waals surface area contributed by atoms with Gasteiger partial charge in [-0.05, 0) is 83.1 Å². The van der Waals surface area contributed by atoms with Gasteiger partial charge in [-0.3, -0.25) is 4.79 Å². The van der Waals surface area contributed by atoms with E-state index < -0.39 is 10.0 Å². The topological polar surface area (TPSA) is 75.7 Å². The number of amides is 1. The lowest BCUT2D eigenvalue weighted by molar-refractivity contribution is -0.126. The molecule has 29 heavy (non-hydrogen) atoms. The van der Waals surface area contributed by atoms with Crippen molar-refractivity contribution in [1.29, 1.82) is 0 Å². The Morgan fingerprint density at radius 1 is 1.14 bits per heavy atom. The first-order chi connectivity index (χ1) is 13.6. The maximum absolute atomic E-state index is 13.3. The molecule has 1 N–H and O–H groups in total. The quantitative estimate of drug-likeness (QED) is 0.650. The molecule has 1 saturated heterocycles. The van der Waals surface area contributed by atoms with Crippen molar-refractivity contribution >= 4 is 15.9 Å². The molecule has 1 aromatic carbocycles. The molecule has 1 amide bonds. The van der Waals surface area contributed by atoms with Crippen LogP contribution < -0.4 is 5.32 Å². The van der Waals surface area contributed by atoms with Gasteiger partial charge < -0.3 is 10.1 Å². The number of carbonyl (C=O) groups excluding carboxylic acids is 1. The third kappa shape index (κ3) is 5.80. The Morgan fingerprint density at radius 2 is 1.69 bits per heavy atom. The number of nitrogens with one attached hydrogen (secondary N) is 1. The average molecular weight is 425 g/mol. The zero-order valence-electron chi connectivity index (χ0n) is 18.7. The number of piperidine rings is 1. The molecule has 0 atom stereocenters. The van der Waals surface area contributed by atoms with E-state index in [1.807, 2.05) is 47.6 Å². The van der Waals surface area contributed by atoms with E-state index in [1.54, 1.807) is 4.31 Å². The molecule has 1 aliphatic rings. The van der Waals surface area contributed by atoms with Crippen LogP contribution in [0.3, 0.4) is 0 Å². The third-order valence-electron chi connectivity index (χ3n) is 5.79. The highest BCUT2D eigenvalue weighted by molar-refractivity contribution is 7.89. The van der Waals surface area contributed by atoms with Crippen LogP contribution in [0, 0.1) is 33.6 Å². The van der Waals surface area contributed by atoms with Crippen LogP contribution in [0.15, 0.2) is 11.0 Å². The van der Waals surface area contributed by atoms with Crippen molar-refractivity contribution in [1.82, 2.24) is 9.62 Å². The molecule has 1 fully saturated rings. The number of benzene rings is 1. The van der Waals surface area contributed by atoms with E-state index in [1.165, 1.54) is 0 Å². The highest BCUT2D eigenvalue weighted by Gasteiger charge is 2.34. The second kappa shape index (κ2) is 10.0. The fraction of sp³-hybridized carbons (Fsp3) is 0.682. The summed E-state index contributed by atoms with van der Waals surface area (Å²) in [5, 5.41) is 2.96. The molecule has 0 aliphatic carbocycles. The molecule has 0 bridgehead atoms. The van der Waals surface area contributed by atoms with Gasteiger partial charge in [0.25, 0.3) is 0 Å². The zero-order chi connectivity index (χ0) is 21.8. The first-order valence-corrected chi connectivity index (χ1v) is 12.0. The standard InChI is InChI=1S/C22H36N2O4S/c1-15(2)28-13-7-10-23-22(25)20-8-11-24(12-9-20)29(26,27)21-18(5)16(3)14-17(4)19(21)6/h14-15,20H,7-13H2,1-6H3,(H,23,25). The summed E-state index contributed by atoms with van der Waals surface area (Å²) >= 11 is 0. The third-order valence-corrected chi connectivity index (χ3v) is 7.96. The van der Waals surface area contributed by atoms with Crippen LogP contribution in [0.1, 0.15) is 55.4 Å². The van der Waals surface area contributed by atoms with Crippen molar-refractivity contribution in [2.75, 3.05) is 26.2 Å². The van der Waals surface area contributed by atoms with Crippen LogP contribution in [0.25, 0.3) is 0 Å². The zero-order valence-corrected chi connectivity index (χ0v) is 19.5. The number of hydrogen-bond acceptors (Lipinski definition) is 4. The molecule has 1 aromatic rings. The summed E-state index contributed by atoms with van der Waals surface area (Å²) in [7, 11) is -3.56. The molecule has 1 heterocycles. The molecule has 164 valence electrons. The summed E-state index contributed by atoms with van der Waals surface area (Å²) < 4.78 is 33.7. The van der Waals surface area contributed by atoms with E-state index in [9.17, 15) is 13.2 Å². The number of carbonyl (C=O) groups is 1. The molecular formula is C22H36N2O4S. The highest BCUT2D eigenvalue weighted by Crippen LogP contribution is 2.31. The monoisotopic (exact) mass is 424 g/mol. The first kappa shape index (κ1) is 23.8. The number of sulfonamides is 1. The minimum atomic E-state index is -3.56. The van der Waals surface area contributed by atoms with E-state index in [0.29, 0.717) is 44.0 Å². The lowest BCUT2D eigenvalue weighted by Crippen LogP contribution is -2.43. The van der Waals surface area contributed by atoms with Crippen LogP contribution in [-0.4, -0.2) is 51.0 Å². The van der Waals surface area contributed by atoms with E-state index in [-0.39, 0.29) is 17.9 Å². The maximum Gasteiger partial charge on any atom is 0.243 e. The Balaban J connectivity index is 1.96. The van der Waals surface area contributed by atoms with Crippen LogP contribution in [0.4, 0.5) is 0 Å². The fourth-order valence-electron chi connectivity index (χ4n) is 3.80. The average Bonchev–Trinajstić information content (AvgIpc) is 2.66. The molecular weight excluding hydrogens is 388 g/mol. The van der Waals surface area contributed by atoms with E-state index in [4.69, 9.17) is 4.74 Å². The van der Waals surface area contributed by atoms with Crippen molar-refractivity contribution in [3.63, 3.8) is 0 Å². The molecule has 6 nitrogen and oxygen atoms in total. The van der Waals surface area contributed by atoms with Gasteiger partial charge in [0.1, 0.15) is 0 Å². The molecule has 1 aliphatic heterocycles. The van der Waals surface area contributed by atoms with Crippen molar-refractivity contribution in [3.8, 4) is 0 Å². The summed E-state index contributed by atoms with van der Waals surface area (Å²) in [6, 6.07) is 2.03. The lowest BCUT2D eigenvalue weighted by atomic mass is 9.97. The first-order valence-electron chi connectivity index (χ1n) is 10.5. The van der Waals surface area contributed by atoms with Crippen molar-refractivity contribution < 1.29 is 17.9 Å². The molecule has 0 saturated carbocycles. The number of ether oxygens (including phenoxy) is 1. The van der Waals surface area contributed by atoms with Crippen molar-refractivity contribution in [3.05, 3.63) is 28.3 Å². The van der Waals surface area contributed by atoms with Gasteiger partial charge in [-0.25, -0.2) is 8.42 Å².